The standard InChI is InChI=1S/C50H72N4O6S2/c1-36(55)60-49-24-18-38-29-40(45(58)43(30-38)59-41-16-7-8-17-41)34-54-35-47(33-44(54)57,31-37-13-4-2-5-14-37)26-27-52-46(51)53-50(23-12-22-48(50)20-9-10-21-48)62-61-28-11-3-6-15-39(19-25-49)42(56)32-49/h2,4-5,13-14,29-30,39,41-42,56,58H,3,6-12,15-28,31-35H2,1H3,(H3,51,52,53)/t39-,42-,47+,49+,50-/m1/s1. The summed E-state index contributed by atoms with van der Waals surface area (Å²) in [5.74, 6) is 2.07. The van der Waals surface area contributed by atoms with Gasteiger partial charge in [-0.1, -0.05) is 83.7 Å². The number of nitrogens with zero attached hydrogens (tertiary/aromatic N) is 2. The molecule has 1 amide bonds. The van der Waals surface area contributed by atoms with Crippen LogP contribution in [-0.4, -0.2) is 74.5 Å². The zero-order valence-electron chi connectivity index (χ0n) is 37.2. The predicted octanol–water partition coefficient (Wildman–Crippen LogP) is 9.76. The van der Waals surface area contributed by atoms with Gasteiger partial charge in [0.1, 0.15) is 10.5 Å². The Balaban J connectivity index is 1.10. The van der Waals surface area contributed by atoms with Crippen LogP contribution in [0.15, 0.2) is 47.5 Å². The molecule has 0 aromatic heterocycles. The Labute approximate surface area is 378 Å². The van der Waals surface area contributed by atoms with Crippen molar-refractivity contribution in [3.63, 3.8) is 0 Å². The van der Waals surface area contributed by atoms with Crippen molar-refractivity contribution in [2.75, 3.05) is 18.8 Å². The monoisotopic (exact) mass is 888 g/mol. The third-order valence-electron chi connectivity index (χ3n) is 15.7. The molecule has 5 N–H and O–H groups in total. The van der Waals surface area contributed by atoms with Gasteiger partial charge in [0.15, 0.2) is 17.5 Å². The lowest BCUT2D eigenvalue weighted by Crippen LogP contribution is -2.55. The van der Waals surface area contributed by atoms with Crippen LogP contribution < -0.4 is 15.8 Å². The van der Waals surface area contributed by atoms with E-state index in [1.807, 2.05) is 44.7 Å². The molecule has 3 heterocycles. The molecule has 0 unspecified atom stereocenters. The summed E-state index contributed by atoms with van der Waals surface area (Å²) in [6.45, 7) is 2.79. The van der Waals surface area contributed by atoms with Crippen molar-refractivity contribution in [2.45, 2.75) is 184 Å². The van der Waals surface area contributed by atoms with Crippen LogP contribution in [-0.2, 0) is 33.7 Å². The van der Waals surface area contributed by atoms with Crippen molar-refractivity contribution in [2.24, 2.45) is 27.5 Å². The lowest BCUT2D eigenvalue weighted by Gasteiger charge is -2.44. The zero-order valence-corrected chi connectivity index (χ0v) is 38.8. The summed E-state index contributed by atoms with van der Waals surface area (Å²) in [6.07, 6.45) is 21.3. The van der Waals surface area contributed by atoms with Crippen molar-refractivity contribution in [1.29, 1.82) is 0 Å². The summed E-state index contributed by atoms with van der Waals surface area (Å²) >= 11 is 0. The Bertz CT molecular complexity index is 1880. The Morgan fingerprint density at radius 1 is 0.935 bits per heavy atom. The minimum atomic E-state index is -0.764. The van der Waals surface area contributed by atoms with Gasteiger partial charge in [-0.25, -0.2) is 0 Å². The van der Waals surface area contributed by atoms with Gasteiger partial charge < -0.3 is 35.6 Å². The number of nitrogens with two attached hydrogens (primary N) is 1. The molecule has 4 saturated carbocycles. The van der Waals surface area contributed by atoms with Crippen molar-refractivity contribution >= 4 is 39.4 Å². The van der Waals surface area contributed by atoms with Crippen LogP contribution in [0, 0.1) is 16.7 Å². The smallest absolute Gasteiger partial charge is 0.303 e. The summed E-state index contributed by atoms with van der Waals surface area (Å²) < 4.78 is 12.7. The van der Waals surface area contributed by atoms with Crippen LogP contribution in [0.4, 0.5) is 0 Å². The predicted molar refractivity (Wildman–Crippen MR) is 250 cm³/mol. The summed E-state index contributed by atoms with van der Waals surface area (Å²) in [5, 5.41) is 27.3. The van der Waals surface area contributed by atoms with E-state index in [1.54, 1.807) is 0 Å². The average Bonchev–Trinajstić information content (AvgIpc) is 4.06. The van der Waals surface area contributed by atoms with Crippen LogP contribution in [0.3, 0.4) is 0 Å². The lowest BCUT2D eigenvalue weighted by atomic mass is 9.72. The summed E-state index contributed by atoms with van der Waals surface area (Å²) in [4.78, 5) is 33.6. The highest BCUT2D eigenvalue weighted by Crippen LogP contribution is 2.63. The van der Waals surface area contributed by atoms with Gasteiger partial charge in [0, 0.05) is 61.5 Å². The number of aliphatic hydroxyl groups is 1. The molecular formula is C50H72N4O6S2. The number of nitrogens with one attached hydrogen (secondary N) is 1. The number of hydrogen-bond acceptors (Lipinski definition) is 11. The maximum Gasteiger partial charge on any atom is 0.303 e. The van der Waals surface area contributed by atoms with E-state index in [2.05, 4.69) is 29.6 Å². The number of carbonyl (C=O) groups excluding carboxylic acids is 2. The maximum absolute atomic E-state index is 14.2. The number of ether oxygens (including phenoxy) is 2. The molecule has 3 aliphatic heterocycles. The number of carbonyl (C=O) groups is 2. The third kappa shape index (κ3) is 10.5. The molecule has 2 aromatic carbocycles. The van der Waals surface area contributed by atoms with Crippen LogP contribution in [0.5, 0.6) is 11.5 Å². The number of aryl methyl sites for hydroxylation is 1. The first-order valence-corrected chi connectivity index (χ1v) is 26.4. The Hall–Kier alpha value is -3.09. The first-order chi connectivity index (χ1) is 30.0. The number of benzene rings is 2. The Morgan fingerprint density at radius 2 is 1.71 bits per heavy atom. The second-order valence-electron chi connectivity index (χ2n) is 20.1. The fraction of sp³-hybridized carbons (Fsp3) is 0.700. The number of phenols is 1. The Kier molecular flexibility index (Phi) is 14.6. The highest BCUT2D eigenvalue weighted by atomic mass is 33.1. The van der Waals surface area contributed by atoms with E-state index in [-0.39, 0.29) is 51.9 Å². The SMILES string of the molecule is CC(=O)O[C@@]12CCc3cc(c(O)c(OC4CCCC4)c3)CN3C[C@](Cc4ccccc4)(CCN=C(N)N[C@]4(CCCC45CCCC5)SSCCCCC[C@H](CC1)[C@H](O)C2)CC3=O. The van der Waals surface area contributed by atoms with Gasteiger partial charge in [0.2, 0.25) is 5.91 Å². The van der Waals surface area contributed by atoms with Crippen LogP contribution >= 0.6 is 21.6 Å². The summed E-state index contributed by atoms with van der Waals surface area (Å²) in [5.41, 5.74) is 8.80. The first kappa shape index (κ1) is 45.5. The molecule has 1 saturated heterocycles. The fourth-order valence-corrected chi connectivity index (χ4v) is 16.0. The zero-order chi connectivity index (χ0) is 43.2. The number of fused-ring (bicyclic) bond motifs is 12. The van der Waals surface area contributed by atoms with Crippen molar-refractivity contribution in [3.05, 3.63) is 59.2 Å². The second-order valence-corrected chi connectivity index (χ2v) is 22.8. The molecule has 2 spiro atoms. The third-order valence-corrected chi connectivity index (χ3v) is 19.0. The molecule has 5 fully saturated rings. The molecule has 2 aromatic rings. The Morgan fingerprint density at radius 3 is 2.48 bits per heavy atom. The molecule has 9 rings (SSSR count). The quantitative estimate of drug-likeness (QED) is 0.169. The molecule has 12 heteroatoms. The van der Waals surface area contributed by atoms with Crippen LogP contribution in [0.2, 0.25) is 0 Å². The molecule has 7 aliphatic rings. The van der Waals surface area contributed by atoms with Gasteiger partial charge in [0.05, 0.1) is 12.2 Å². The number of aliphatic hydroxyl groups excluding tert-OH is 1. The highest BCUT2D eigenvalue weighted by molar-refractivity contribution is 8.77. The topological polar surface area (TPSA) is 147 Å². The van der Waals surface area contributed by atoms with E-state index in [0.29, 0.717) is 68.9 Å². The number of aromatic hydroxyl groups is 1. The molecule has 6 bridgehead atoms. The van der Waals surface area contributed by atoms with Crippen molar-refractivity contribution in [1.82, 2.24) is 10.2 Å². The first-order valence-electron chi connectivity index (χ1n) is 24.1. The molecule has 4 aliphatic carbocycles. The number of amides is 1. The molecular weight excluding hydrogens is 817 g/mol. The minimum absolute atomic E-state index is 0.0369. The molecule has 10 nitrogen and oxygen atoms in total. The highest BCUT2D eigenvalue weighted by Gasteiger charge is 2.57. The molecule has 0 radical (unpaired) electrons. The summed E-state index contributed by atoms with van der Waals surface area (Å²) in [6, 6.07) is 14.4. The van der Waals surface area contributed by atoms with E-state index in [4.69, 9.17) is 20.2 Å². The van der Waals surface area contributed by atoms with E-state index < -0.39 is 11.7 Å². The minimum Gasteiger partial charge on any atom is -0.504 e. The second kappa shape index (κ2) is 20.0. The normalized spacial score (nSPS) is 31.6. The largest absolute Gasteiger partial charge is 0.504 e. The average molecular weight is 889 g/mol. The van der Waals surface area contributed by atoms with E-state index in [0.717, 1.165) is 81.9 Å². The van der Waals surface area contributed by atoms with Crippen molar-refractivity contribution in [3.8, 4) is 11.5 Å². The molecule has 62 heavy (non-hydrogen) atoms. The van der Waals surface area contributed by atoms with Gasteiger partial charge in [-0.05, 0) is 132 Å². The van der Waals surface area contributed by atoms with Gasteiger partial charge in [-0.3, -0.25) is 14.6 Å². The number of aliphatic imine (C=N–C) groups is 1. The fourth-order valence-electron chi connectivity index (χ4n) is 12.4. The van der Waals surface area contributed by atoms with E-state index in [1.165, 1.54) is 51.0 Å². The molecule has 5 atom stereocenters. The van der Waals surface area contributed by atoms with Gasteiger partial charge >= 0.3 is 5.97 Å². The maximum atomic E-state index is 14.2. The number of rotatable bonds is 5. The number of guanidine groups is 1. The van der Waals surface area contributed by atoms with Crippen molar-refractivity contribution < 1.29 is 29.3 Å². The number of esters is 1. The molecule has 340 valence electrons. The summed E-state index contributed by atoms with van der Waals surface area (Å²) in [7, 11) is 3.99. The van der Waals surface area contributed by atoms with Gasteiger partial charge in [-0.15, -0.1) is 0 Å². The van der Waals surface area contributed by atoms with E-state index >= 15 is 0 Å². The number of hydrogen-bond donors (Lipinski definition) is 4. The van der Waals surface area contributed by atoms with Crippen LogP contribution in [0.25, 0.3) is 0 Å². The van der Waals surface area contributed by atoms with Gasteiger partial charge in [0.25, 0.3) is 0 Å². The number of phenolic OH excluding ortho intramolecular Hbond substituents is 1. The lowest BCUT2D eigenvalue weighted by molar-refractivity contribution is -0.168. The van der Waals surface area contributed by atoms with Crippen LogP contribution in [0.1, 0.15) is 158 Å². The van der Waals surface area contributed by atoms with E-state index in [9.17, 15) is 19.8 Å². The van der Waals surface area contributed by atoms with Gasteiger partial charge in [-0.2, -0.15) is 0 Å².